The Balaban J connectivity index is 1.55. The molecule has 1 aromatic rings. The fourth-order valence-electron chi connectivity index (χ4n) is 3.64. The standard InChI is InChI=1S/C18H24O2/c19-18(12-4-8-15-9-5-13-20-15)17-11-3-7-14-6-1-2-10-16(14)17/h1-2,6,10,15,17H,3-5,7-9,11-13H2. The van der Waals surface area contributed by atoms with Crippen LogP contribution in [0.25, 0.3) is 0 Å². The molecule has 1 aliphatic carbocycles. The molecule has 1 heterocycles. The maximum absolute atomic E-state index is 12.5. The van der Waals surface area contributed by atoms with E-state index in [1.807, 2.05) is 0 Å². The Morgan fingerprint density at radius 2 is 2.10 bits per heavy atom. The number of ketones is 1. The Kier molecular flexibility index (Phi) is 4.51. The predicted octanol–water partition coefficient (Wildman–Crippen LogP) is 4.02. The van der Waals surface area contributed by atoms with Gasteiger partial charge in [-0.2, -0.15) is 0 Å². The summed E-state index contributed by atoms with van der Waals surface area (Å²) in [6.45, 7) is 0.911. The third-order valence-corrected chi connectivity index (χ3v) is 4.73. The molecule has 2 heteroatoms. The first-order valence-corrected chi connectivity index (χ1v) is 8.07. The number of carbonyl (C=O) groups is 1. The molecule has 0 amide bonds. The molecule has 1 aliphatic heterocycles. The minimum Gasteiger partial charge on any atom is -0.378 e. The number of rotatable bonds is 5. The van der Waals surface area contributed by atoms with Crippen molar-refractivity contribution >= 4 is 5.78 Å². The minimum absolute atomic E-state index is 0.157. The zero-order valence-electron chi connectivity index (χ0n) is 12.1. The van der Waals surface area contributed by atoms with Crippen molar-refractivity contribution in [1.29, 1.82) is 0 Å². The number of hydrogen-bond donors (Lipinski definition) is 0. The highest BCUT2D eigenvalue weighted by molar-refractivity contribution is 5.86. The van der Waals surface area contributed by atoms with Crippen LogP contribution in [-0.2, 0) is 16.0 Å². The summed E-state index contributed by atoms with van der Waals surface area (Å²) >= 11 is 0. The second-order valence-electron chi connectivity index (χ2n) is 6.14. The first kappa shape index (κ1) is 13.8. The Morgan fingerprint density at radius 3 is 2.95 bits per heavy atom. The molecule has 108 valence electrons. The first-order valence-electron chi connectivity index (χ1n) is 8.07. The largest absolute Gasteiger partial charge is 0.378 e. The van der Waals surface area contributed by atoms with E-state index in [1.54, 1.807) is 0 Å². The monoisotopic (exact) mass is 272 g/mol. The number of ether oxygens (including phenoxy) is 1. The van der Waals surface area contributed by atoms with Crippen LogP contribution in [0.5, 0.6) is 0 Å². The number of fused-ring (bicyclic) bond motifs is 1. The Labute approximate surface area is 121 Å². The van der Waals surface area contributed by atoms with Crippen LogP contribution >= 0.6 is 0 Å². The van der Waals surface area contributed by atoms with Crippen molar-refractivity contribution in [2.75, 3.05) is 6.61 Å². The molecular formula is C18H24O2. The molecule has 2 nitrogen and oxygen atoms in total. The van der Waals surface area contributed by atoms with Crippen LogP contribution < -0.4 is 0 Å². The summed E-state index contributed by atoms with van der Waals surface area (Å²) in [5, 5.41) is 0. The summed E-state index contributed by atoms with van der Waals surface area (Å²) in [6.07, 6.45) is 8.88. The van der Waals surface area contributed by atoms with Crippen LogP contribution in [0.1, 0.15) is 62.0 Å². The van der Waals surface area contributed by atoms with Gasteiger partial charge < -0.3 is 4.74 Å². The van der Waals surface area contributed by atoms with Gasteiger partial charge in [-0.3, -0.25) is 4.79 Å². The van der Waals surface area contributed by atoms with E-state index < -0.39 is 0 Å². The van der Waals surface area contributed by atoms with Crippen LogP contribution in [-0.4, -0.2) is 18.5 Å². The fraction of sp³-hybridized carbons (Fsp3) is 0.611. The summed E-state index contributed by atoms with van der Waals surface area (Å²) in [5.41, 5.74) is 2.68. The van der Waals surface area contributed by atoms with Crippen LogP contribution in [0.3, 0.4) is 0 Å². The molecule has 0 spiro atoms. The average molecular weight is 272 g/mol. The van der Waals surface area contributed by atoms with Crippen molar-refractivity contribution in [3.63, 3.8) is 0 Å². The van der Waals surface area contributed by atoms with Crippen molar-refractivity contribution < 1.29 is 9.53 Å². The Bertz CT molecular complexity index is 460. The van der Waals surface area contributed by atoms with Crippen molar-refractivity contribution in [3.8, 4) is 0 Å². The zero-order valence-corrected chi connectivity index (χ0v) is 12.1. The van der Waals surface area contributed by atoms with Gasteiger partial charge >= 0.3 is 0 Å². The van der Waals surface area contributed by atoms with E-state index in [1.165, 1.54) is 24.0 Å². The van der Waals surface area contributed by atoms with E-state index in [0.29, 0.717) is 11.9 Å². The summed E-state index contributed by atoms with van der Waals surface area (Å²) < 4.78 is 5.63. The highest BCUT2D eigenvalue weighted by Gasteiger charge is 2.26. The van der Waals surface area contributed by atoms with Gasteiger partial charge in [0, 0.05) is 18.9 Å². The lowest BCUT2D eigenvalue weighted by Gasteiger charge is -2.24. The van der Waals surface area contributed by atoms with Crippen LogP contribution in [0.2, 0.25) is 0 Å². The normalized spacial score (nSPS) is 25.4. The fourth-order valence-corrected chi connectivity index (χ4v) is 3.64. The summed E-state index contributed by atoms with van der Waals surface area (Å²) in [5.74, 6) is 0.597. The lowest BCUT2D eigenvalue weighted by Crippen LogP contribution is -2.18. The van der Waals surface area contributed by atoms with E-state index in [0.717, 1.165) is 45.1 Å². The van der Waals surface area contributed by atoms with Crippen molar-refractivity contribution in [2.24, 2.45) is 0 Å². The maximum Gasteiger partial charge on any atom is 0.140 e. The van der Waals surface area contributed by atoms with Crippen LogP contribution in [0.4, 0.5) is 0 Å². The maximum atomic E-state index is 12.5. The number of aryl methyl sites for hydroxylation is 1. The molecule has 0 N–H and O–H groups in total. The topological polar surface area (TPSA) is 26.3 Å². The highest BCUT2D eigenvalue weighted by Crippen LogP contribution is 2.33. The SMILES string of the molecule is O=C(CCCC1CCCO1)C1CCCc2ccccc21. The molecule has 0 radical (unpaired) electrons. The molecule has 1 saturated heterocycles. The lowest BCUT2D eigenvalue weighted by atomic mass is 9.79. The zero-order chi connectivity index (χ0) is 13.8. The lowest BCUT2D eigenvalue weighted by molar-refractivity contribution is -0.121. The van der Waals surface area contributed by atoms with E-state index in [9.17, 15) is 4.79 Å². The van der Waals surface area contributed by atoms with Gasteiger partial charge in [0.1, 0.15) is 5.78 Å². The van der Waals surface area contributed by atoms with Gasteiger partial charge in [0.15, 0.2) is 0 Å². The smallest absolute Gasteiger partial charge is 0.140 e. The molecule has 3 rings (SSSR count). The molecule has 1 fully saturated rings. The second-order valence-corrected chi connectivity index (χ2v) is 6.14. The van der Waals surface area contributed by atoms with Crippen LogP contribution in [0, 0.1) is 0 Å². The molecule has 0 saturated carbocycles. The number of benzene rings is 1. The number of carbonyl (C=O) groups excluding carboxylic acids is 1. The van der Waals surface area contributed by atoms with Gasteiger partial charge in [-0.1, -0.05) is 24.3 Å². The first-order chi connectivity index (χ1) is 9.84. The summed E-state index contributed by atoms with van der Waals surface area (Å²) in [6, 6.07) is 8.48. The quantitative estimate of drug-likeness (QED) is 0.809. The van der Waals surface area contributed by atoms with E-state index >= 15 is 0 Å². The molecular weight excluding hydrogens is 248 g/mol. The summed E-state index contributed by atoms with van der Waals surface area (Å²) in [4.78, 5) is 12.5. The van der Waals surface area contributed by atoms with Gasteiger partial charge in [0.2, 0.25) is 0 Å². The van der Waals surface area contributed by atoms with Gasteiger partial charge in [-0.15, -0.1) is 0 Å². The molecule has 0 bridgehead atoms. The second kappa shape index (κ2) is 6.53. The van der Waals surface area contributed by atoms with E-state index in [-0.39, 0.29) is 5.92 Å². The molecule has 1 aromatic carbocycles. The molecule has 2 unspecified atom stereocenters. The van der Waals surface area contributed by atoms with E-state index in [4.69, 9.17) is 4.74 Å². The van der Waals surface area contributed by atoms with Crippen LogP contribution in [0.15, 0.2) is 24.3 Å². The molecule has 2 atom stereocenters. The summed E-state index contributed by atoms with van der Waals surface area (Å²) in [7, 11) is 0. The van der Waals surface area contributed by atoms with E-state index in [2.05, 4.69) is 24.3 Å². The predicted molar refractivity (Wildman–Crippen MR) is 80.0 cm³/mol. The van der Waals surface area contributed by atoms with Crippen molar-refractivity contribution in [1.82, 2.24) is 0 Å². The molecule has 2 aliphatic rings. The molecule has 20 heavy (non-hydrogen) atoms. The number of hydrogen-bond acceptors (Lipinski definition) is 2. The Morgan fingerprint density at radius 1 is 1.20 bits per heavy atom. The average Bonchev–Trinajstić information content (AvgIpc) is 3.00. The number of Topliss-reactive ketones (excluding diaryl/α,β-unsaturated/α-hetero) is 1. The van der Waals surface area contributed by atoms with Crippen molar-refractivity contribution in [3.05, 3.63) is 35.4 Å². The molecule has 0 aromatic heterocycles. The third-order valence-electron chi connectivity index (χ3n) is 4.73. The minimum atomic E-state index is 0.157. The van der Waals surface area contributed by atoms with Gasteiger partial charge in [-0.25, -0.2) is 0 Å². The van der Waals surface area contributed by atoms with Gasteiger partial charge in [-0.05, 0) is 56.1 Å². The Hall–Kier alpha value is -1.15. The highest BCUT2D eigenvalue weighted by atomic mass is 16.5. The van der Waals surface area contributed by atoms with Crippen molar-refractivity contribution in [2.45, 2.75) is 63.4 Å². The van der Waals surface area contributed by atoms with Gasteiger partial charge in [0.05, 0.1) is 6.10 Å². The third kappa shape index (κ3) is 3.12. The van der Waals surface area contributed by atoms with Gasteiger partial charge in [0.25, 0.3) is 0 Å².